The van der Waals surface area contributed by atoms with Gasteiger partial charge in [0.25, 0.3) is 5.91 Å². The predicted octanol–water partition coefficient (Wildman–Crippen LogP) is 3.07. The fourth-order valence-electron chi connectivity index (χ4n) is 4.77. The Bertz CT molecular complexity index is 1190. The Morgan fingerprint density at radius 2 is 1.88 bits per heavy atom. The highest BCUT2D eigenvalue weighted by atomic mass is 32.2. The molecule has 2 saturated heterocycles. The quantitative estimate of drug-likeness (QED) is 0.659. The molecule has 2 atom stereocenters. The van der Waals surface area contributed by atoms with Crippen LogP contribution < -0.4 is 10.6 Å². The van der Waals surface area contributed by atoms with Gasteiger partial charge in [0.2, 0.25) is 0 Å². The third kappa shape index (κ3) is 5.47. The van der Waals surface area contributed by atoms with Crippen LogP contribution in [0.3, 0.4) is 0 Å². The monoisotopic (exact) mass is 498 g/mol. The van der Waals surface area contributed by atoms with Crippen LogP contribution in [0.25, 0.3) is 0 Å². The van der Waals surface area contributed by atoms with E-state index in [0.717, 1.165) is 48.9 Å². The van der Waals surface area contributed by atoms with Crippen LogP contribution >= 0.6 is 11.8 Å². The number of hydrogen-bond acceptors (Lipinski definition) is 7. The van der Waals surface area contributed by atoms with Gasteiger partial charge in [-0.3, -0.25) is 14.7 Å². The molecule has 0 aromatic heterocycles. The zero-order valence-corrected chi connectivity index (χ0v) is 20.9. The summed E-state index contributed by atoms with van der Waals surface area (Å²) < 4.78 is 23.6. The van der Waals surface area contributed by atoms with Gasteiger partial charge in [0.15, 0.2) is 15.0 Å². The van der Waals surface area contributed by atoms with Gasteiger partial charge in [0, 0.05) is 42.2 Å². The minimum atomic E-state index is -2.97. The first-order chi connectivity index (χ1) is 16.3. The molecule has 0 aliphatic carbocycles. The lowest BCUT2D eigenvalue weighted by Crippen LogP contribution is -2.44. The molecule has 1 amide bonds. The number of amides is 1. The molecule has 180 valence electrons. The third-order valence-corrected chi connectivity index (χ3v) is 9.87. The molecule has 2 aromatic rings. The van der Waals surface area contributed by atoms with Crippen molar-refractivity contribution in [1.82, 2.24) is 10.2 Å². The molecule has 3 heterocycles. The first-order valence-electron chi connectivity index (χ1n) is 11.7. The first kappa shape index (κ1) is 23.4. The Balaban J connectivity index is 1.16. The number of rotatable bonds is 5. The number of aliphatic imine (C=N–C) groups is 1. The van der Waals surface area contributed by atoms with Crippen LogP contribution in [-0.4, -0.2) is 66.3 Å². The molecule has 3 aliphatic rings. The summed E-state index contributed by atoms with van der Waals surface area (Å²) in [7, 11) is -2.97. The Kier molecular flexibility index (Phi) is 6.68. The lowest BCUT2D eigenvalue weighted by atomic mass is 10.0. The van der Waals surface area contributed by atoms with Crippen molar-refractivity contribution < 1.29 is 13.2 Å². The second-order valence-corrected chi connectivity index (χ2v) is 12.8. The summed E-state index contributed by atoms with van der Waals surface area (Å²) in [6, 6.07) is 16.1. The number of hydrogen-bond donors (Lipinski definition) is 2. The number of piperidine rings is 1. The van der Waals surface area contributed by atoms with Crippen molar-refractivity contribution >= 4 is 38.4 Å². The molecule has 2 aromatic carbocycles. The van der Waals surface area contributed by atoms with E-state index in [0.29, 0.717) is 5.56 Å². The van der Waals surface area contributed by atoms with Crippen molar-refractivity contribution in [1.29, 1.82) is 0 Å². The van der Waals surface area contributed by atoms with E-state index in [1.165, 1.54) is 17.3 Å². The van der Waals surface area contributed by atoms with Gasteiger partial charge in [-0.2, -0.15) is 0 Å². The molecule has 3 aliphatic heterocycles. The topological polar surface area (TPSA) is 90.9 Å². The molecule has 5 rings (SSSR count). The molecule has 2 N–H and O–H groups in total. The fraction of sp³-hybridized carbons (Fsp3) is 0.440. The van der Waals surface area contributed by atoms with E-state index >= 15 is 0 Å². The lowest BCUT2D eigenvalue weighted by Gasteiger charge is -2.32. The standard InChI is InChI=1S/C25H30N4O3S2/c1-17-7-8-19(13-21(17)27-25-28-22-15-34(31,32)16-23(22)33-25)24(30)26-20-9-11-29(12-10-20)14-18-5-3-2-4-6-18/h2-8,13,20,22-23H,9-12,14-16H2,1H3,(H,26,30)(H,27,28). The summed E-state index contributed by atoms with van der Waals surface area (Å²) in [6.07, 6.45) is 1.88. The zero-order valence-electron chi connectivity index (χ0n) is 19.2. The maximum Gasteiger partial charge on any atom is 0.251 e. The van der Waals surface area contributed by atoms with Crippen molar-refractivity contribution in [2.24, 2.45) is 4.99 Å². The number of sulfone groups is 1. The van der Waals surface area contributed by atoms with E-state index in [4.69, 9.17) is 0 Å². The Morgan fingerprint density at radius 1 is 1.12 bits per heavy atom. The number of amidine groups is 1. The molecule has 9 heteroatoms. The second kappa shape index (κ2) is 9.71. The number of anilines is 1. The van der Waals surface area contributed by atoms with Crippen LogP contribution in [-0.2, 0) is 16.4 Å². The minimum Gasteiger partial charge on any atom is -0.349 e. The minimum absolute atomic E-state index is 0.00737. The van der Waals surface area contributed by atoms with Crippen molar-refractivity contribution in [2.75, 3.05) is 29.9 Å². The van der Waals surface area contributed by atoms with Crippen LogP contribution in [0.15, 0.2) is 53.5 Å². The number of nitrogens with one attached hydrogen (secondary N) is 2. The van der Waals surface area contributed by atoms with Gasteiger partial charge in [-0.05, 0) is 43.0 Å². The first-order valence-corrected chi connectivity index (χ1v) is 14.4. The highest BCUT2D eigenvalue weighted by Crippen LogP contribution is 2.35. The molecule has 0 spiro atoms. The largest absolute Gasteiger partial charge is 0.349 e. The maximum atomic E-state index is 13.0. The van der Waals surface area contributed by atoms with Crippen LogP contribution in [0.1, 0.15) is 34.3 Å². The van der Waals surface area contributed by atoms with Crippen LogP contribution in [0.5, 0.6) is 0 Å². The molecular formula is C25H30N4O3S2. The summed E-state index contributed by atoms with van der Waals surface area (Å²) >= 11 is 1.48. The highest BCUT2D eigenvalue weighted by Gasteiger charge is 2.42. The van der Waals surface area contributed by atoms with Crippen LogP contribution in [0, 0.1) is 6.92 Å². The predicted molar refractivity (Wildman–Crippen MR) is 138 cm³/mol. The second-order valence-electron chi connectivity index (χ2n) is 9.40. The van der Waals surface area contributed by atoms with Gasteiger partial charge in [-0.15, -0.1) is 0 Å². The zero-order chi connectivity index (χ0) is 23.7. The smallest absolute Gasteiger partial charge is 0.251 e. The van der Waals surface area contributed by atoms with Crippen molar-refractivity contribution in [2.45, 2.75) is 43.6 Å². The van der Waals surface area contributed by atoms with Crippen LogP contribution in [0.2, 0.25) is 0 Å². The average Bonchev–Trinajstić information content (AvgIpc) is 3.29. The molecule has 34 heavy (non-hydrogen) atoms. The normalized spacial score (nSPS) is 24.4. The number of likely N-dealkylation sites (tertiary alicyclic amines) is 1. The van der Waals surface area contributed by atoms with E-state index < -0.39 is 9.84 Å². The molecular weight excluding hydrogens is 468 g/mol. The van der Waals surface area contributed by atoms with Gasteiger partial charge in [0.1, 0.15) is 0 Å². The van der Waals surface area contributed by atoms with Crippen LogP contribution in [0.4, 0.5) is 5.69 Å². The van der Waals surface area contributed by atoms with Gasteiger partial charge in [-0.1, -0.05) is 48.2 Å². The highest BCUT2D eigenvalue weighted by molar-refractivity contribution is 8.15. The average molecular weight is 499 g/mol. The SMILES string of the molecule is Cc1ccc(C(=O)NC2CCN(Cc3ccccc3)CC2)cc1NC1=NC2CS(=O)(=O)CC2S1. The molecule has 0 radical (unpaired) electrons. The summed E-state index contributed by atoms with van der Waals surface area (Å²) in [4.78, 5) is 20.0. The van der Waals surface area contributed by atoms with Crippen molar-refractivity contribution in [3.63, 3.8) is 0 Å². The fourth-order valence-corrected chi connectivity index (χ4v) is 8.44. The molecule has 0 saturated carbocycles. The van der Waals surface area contributed by atoms with Gasteiger partial charge >= 0.3 is 0 Å². The Labute approximate surface area is 205 Å². The Morgan fingerprint density at radius 3 is 2.62 bits per heavy atom. The van der Waals surface area contributed by atoms with E-state index in [1.54, 1.807) is 0 Å². The lowest BCUT2D eigenvalue weighted by molar-refractivity contribution is 0.0909. The maximum absolute atomic E-state index is 13.0. The summed E-state index contributed by atoms with van der Waals surface area (Å²) in [5.74, 6) is 0.248. The van der Waals surface area contributed by atoms with Gasteiger partial charge in [0.05, 0.1) is 17.5 Å². The third-order valence-electron chi connectivity index (χ3n) is 6.73. The molecule has 2 fully saturated rings. The number of carbonyl (C=O) groups is 1. The number of thioether (sulfide) groups is 1. The number of benzene rings is 2. The van der Waals surface area contributed by atoms with E-state index in [-0.39, 0.29) is 34.7 Å². The van der Waals surface area contributed by atoms with E-state index in [2.05, 4.69) is 44.8 Å². The summed E-state index contributed by atoms with van der Waals surface area (Å²) in [5.41, 5.74) is 3.78. The molecule has 2 unspecified atom stereocenters. The van der Waals surface area contributed by atoms with Gasteiger partial charge in [-0.25, -0.2) is 8.42 Å². The van der Waals surface area contributed by atoms with Crippen molar-refractivity contribution in [3.05, 3.63) is 65.2 Å². The number of carbonyl (C=O) groups excluding carboxylic acids is 1. The number of fused-ring (bicyclic) bond motifs is 1. The number of nitrogens with zero attached hydrogens (tertiary/aromatic N) is 2. The Hall–Kier alpha value is -2.36. The molecule has 7 nitrogen and oxygen atoms in total. The number of aryl methyl sites for hydroxylation is 1. The summed E-state index contributed by atoms with van der Waals surface area (Å²) in [5, 5.41) is 7.26. The van der Waals surface area contributed by atoms with Crippen molar-refractivity contribution in [3.8, 4) is 0 Å². The summed E-state index contributed by atoms with van der Waals surface area (Å²) in [6.45, 7) is 4.87. The van der Waals surface area contributed by atoms with Gasteiger partial charge < -0.3 is 10.6 Å². The molecule has 0 bridgehead atoms. The van der Waals surface area contributed by atoms with E-state index in [9.17, 15) is 13.2 Å². The van der Waals surface area contributed by atoms with E-state index in [1.807, 2.05) is 31.2 Å².